The molecule has 2 fully saturated rings. The normalized spacial score (nSPS) is 38.2. The Morgan fingerprint density at radius 3 is 2.65 bits per heavy atom. The van der Waals surface area contributed by atoms with E-state index in [2.05, 4.69) is 18.7 Å². The van der Waals surface area contributed by atoms with Crippen molar-refractivity contribution in [1.29, 1.82) is 0 Å². The van der Waals surface area contributed by atoms with Crippen LogP contribution in [-0.4, -0.2) is 46.6 Å². The highest BCUT2D eigenvalue weighted by Crippen LogP contribution is 2.39. The van der Waals surface area contributed by atoms with E-state index in [4.69, 9.17) is 0 Å². The number of hydrogen-bond acceptors (Lipinski definition) is 3. The second kappa shape index (κ2) is 4.47. The summed E-state index contributed by atoms with van der Waals surface area (Å²) in [6.07, 6.45) is 2.00. The summed E-state index contributed by atoms with van der Waals surface area (Å²) in [6, 6.07) is 0.574. The van der Waals surface area contributed by atoms with Gasteiger partial charge in [0.2, 0.25) is 0 Å². The zero-order valence-electron chi connectivity index (χ0n) is 11.0. The van der Waals surface area contributed by atoms with Crippen LogP contribution >= 0.6 is 11.8 Å². The minimum absolute atomic E-state index is 0.399. The average molecular weight is 257 g/mol. The highest BCUT2D eigenvalue weighted by molar-refractivity contribution is 7.99. The number of carbonyl (C=O) groups is 1. The molecule has 0 bridgehead atoms. The molecule has 1 N–H and O–H groups in total. The molecule has 2 aliphatic heterocycles. The molecule has 0 radical (unpaired) electrons. The van der Waals surface area contributed by atoms with Crippen LogP contribution in [0.15, 0.2) is 0 Å². The second-order valence-electron chi connectivity index (χ2n) is 6.62. The van der Waals surface area contributed by atoms with Gasteiger partial charge in [-0.2, -0.15) is 11.8 Å². The predicted molar refractivity (Wildman–Crippen MR) is 71.4 cm³/mol. The lowest BCUT2D eigenvalue weighted by Gasteiger charge is -2.39. The third kappa shape index (κ3) is 2.79. The first-order valence-electron chi connectivity index (χ1n) is 6.38. The standard InChI is InChI=1S/C13H23NO2S/c1-12(2)6-10(7-17-9-12)14-5-4-13(3,8-14)11(15)16/h10H,4-9H2,1-3H3,(H,15,16). The number of carboxylic acids is 1. The topological polar surface area (TPSA) is 40.5 Å². The van der Waals surface area contributed by atoms with Crippen LogP contribution in [0.5, 0.6) is 0 Å². The maximum atomic E-state index is 11.2. The van der Waals surface area contributed by atoms with Crippen molar-refractivity contribution in [2.75, 3.05) is 24.6 Å². The molecule has 17 heavy (non-hydrogen) atoms. The van der Waals surface area contributed by atoms with Gasteiger partial charge in [-0.3, -0.25) is 9.69 Å². The van der Waals surface area contributed by atoms with Gasteiger partial charge in [0.1, 0.15) is 0 Å². The number of carboxylic acid groups (broad SMARTS) is 1. The van der Waals surface area contributed by atoms with Gasteiger partial charge >= 0.3 is 5.97 Å². The van der Waals surface area contributed by atoms with E-state index >= 15 is 0 Å². The molecule has 2 atom stereocenters. The molecule has 98 valence electrons. The lowest BCUT2D eigenvalue weighted by atomic mass is 9.87. The van der Waals surface area contributed by atoms with E-state index in [9.17, 15) is 9.90 Å². The summed E-state index contributed by atoms with van der Waals surface area (Å²) in [6.45, 7) is 8.20. The molecule has 2 saturated heterocycles. The highest BCUT2D eigenvalue weighted by atomic mass is 32.2. The first-order valence-corrected chi connectivity index (χ1v) is 7.53. The quantitative estimate of drug-likeness (QED) is 0.824. The molecule has 4 heteroatoms. The number of hydrogen-bond donors (Lipinski definition) is 1. The fourth-order valence-corrected chi connectivity index (χ4v) is 4.33. The summed E-state index contributed by atoms with van der Waals surface area (Å²) in [7, 11) is 0. The number of aliphatic carboxylic acids is 1. The van der Waals surface area contributed by atoms with Gasteiger partial charge < -0.3 is 5.11 Å². The highest BCUT2D eigenvalue weighted by Gasteiger charge is 2.44. The monoisotopic (exact) mass is 257 g/mol. The van der Waals surface area contributed by atoms with Gasteiger partial charge in [-0.15, -0.1) is 0 Å². The summed E-state index contributed by atoms with van der Waals surface area (Å²) in [5.74, 6) is 1.76. The van der Waals surface area contributed by atoms with Crippen LogP contribution in [0.25, 0.3) is 0 Å². The summed E-state index contributed by atoms with van der Waals surface area (Å²) in [5.41, 5.74) is -0.123. The van der Waals surface area contributed by atoms with Crippen molar-refractivity contribution in [2.45, 2.75) is 39.7 Å². The smallest absolute Gasteiger partial charge is 0.310 e. The molecular weight excluding hydrogens is 234 g/mol. The van der Waals surface area contributed by atoms with Gasteiger partial charge in [0, 0.05) is 18.3 Å². The Morgan fingerprint density at radius 1 is 1.41 bits per heavy atom. The molecule has 0 aromatic heterocycles. The fourth-order valence-electron chi connectivity index (χ4n) is 2.94. The minimum atomic E-state index is -0.636. The zero-order chi connectivity index (χ0) is 12.7. The third-order valence-electron chi connectivity index (χ3n) is 4.13. The van der Waals surface area contributed by atoms with Gasteiger partial charge in [-0.1, -0.05) is 13.8 Å². The van der Waals surface area contributed by atoms with E-state index in [-0.39, 0.29) is 0 Å². The van der Waals surface area contributed by atoms with Gasteiger partial charge in [0.15, 0.2) is 0 Å². The van der Waals surface area contributed by atoms with Crippen molar-refractivity contribution in [2.24, 2.45) is 10.8 Å². The summed E-state index contributed by atoms with van der Waals surface area (Å²) >= 11 is 2.02. The number of thioether (sulfide) groups is 1. The van der Waals surface area contributed by atoms with E-state index in [1.54, 1.807) is 0 Å². The number of nitrogens with zero attached hydrogens (tertiary/aromatic N) is 1. The Morgan fingerprint density at radius 2 is 2.12 bits per heavy atom. The van der Waals surface area contributed by atoms with E-state index < -0.39 is 11.4 Å². The van der Waals surface area contributed by atoms with Gasteiger partial charge in [0.05, 0.1) is 5.41 Å². The van der Waals surface area contributed by atoms with Crippen LogP contribution in [0.1, 0.15) is 33.6 Å². The van der Waals surface area contributed by atoms with E-state index in [1.165, 1.54) is 17.9 Å². The van der Waals surface area contributed by atoms with Crippen molar-refractivity contribution >= 4 is 17.7 Å². The van der Waals surface area contributed by atoms with Gasteiger partial charge in [0.25, 0.3) is 0 Å². The van der Waals surface area contributed by atoms with E-state index in [0.29, 0.717) is 11.5 Å². The Labute approximate surface area is 108 Å². The van der Waals surface area contributed by atoms with Crippen molar-refractivity contribution < 1.29 is 9.90 Å². The van der Waals surface area contributed by atoms with E-state index in [0.717, 1.165) is 19.5 Å². The van der Waals surface area contributed by atoms with Crippen molar-refractivity contribution in [3.8, 4) is 0 Å². The maximum absolute atomic E-state index is 11.2. The fraction of sp³-hybridized carbons (Fsp3) is 0.923. The first kappa shape index (κ1) is 13.2. The first-order chi connectivity index (χ1) is 7.82. The van der Waals surface area contributed by atoms with Crippen LogP contribution < -0.4 is 0 Å². The Bertz CT molecular complexity index is 319. The van der Waals surface area contributed by atoms with Crippen LogP contribution in [-0.2, 0) is 4.79 Å². The Kier molecular flexibility index (Phi) is 3.47. The molecule has 2 rings (SSSR count). The molecule has 2 unspecified atom stereocenters. The SMILES string of the molecule is CC1(C)CSCC(N2CCC(C)(C(=O)O)C2)C1. The van der Waals surface area contributed by atoms with Crippen LogP contribution in [0.2, 0.25) is 0 Å². The molecule has 0 amide bonds. The second-order valence-corrected chi connectivity index (χ2v) is 7.65. The van der Waals surface area contributed by atoms with Crippen LogP contribution in [0, 0.1) is 10.8 Å². The Hall–Kier alpha value is -0.220. The summed E-state index contributed by atoms with van der Waals surface area (Å²) < 4.78 is 0. The molecule has 2 heterocycles. The summed E-state index contributed by atoms with van der Waals surface area (Å²) in [5, 5.41) is 9.26. The molecule has 0 aliphatic carbocycles. The zero-order valence-corrected chi connectivity index (χ0v) is 11.8. The average Bonchev–Trinajstić information content (AvgIpc) is 2.61. The minimum Gasteiger partial charge on any atom is -0.481 e. The van der Waals surface area contributed by atoms with Crippen LogP contribution in [0.3, 0.4) is 0 Å². The number of likely N-dealkylation sites (tertiary alicyclic amines) is 1. The van der Waals surface area contributed by atoms with Crippen molar-refractivity contribution in [3.05, 3.63) is 0 Å². The molecule has 3 nitrogen and oxygen atoms in total. The largest absolute Gasteiger partial charge is 0.481 e. The van der Waals surface area contributed by atoms with Crippen molar-refractivity contribution in [1.82, 2.24) is 4.90 Å². The Balaban J connectivity index is 1.99. The predicted octanol–water partition coefficient (Wildman–Crippen LogP) is 2.31. The van der Waals surface area contributed by atoms with Crippen LogP contribution in [0.4, 0.5) is 0 Å². The molecule has 0 saturated carbocycles. The molecular formula is C13H23NO2S. The van der Waals surface area contributed by atoms with E-state index in [1.807, 2.05) is 18.7 Å². The third-order valence-corrected chi connectivity index (χ3v) is 5.73. The number of rotatable bonds is 2. The van der Waals surface area contributed by atoms with Crippen molar-refractivity contribution in [3.63, 3.8) is 0 Å². The molecule has 0 aromatic rings. The molecule has 0 spiro atoms. The maximum Gasteiger partial charge on any atom is 0.310 e. The van der Waals surface area contributed by atoms with Gasteiger partial charge in [-0.25, -0.2) is 0 Å². The lowest BCUT2D eigenvalue weighted by Crippen LogP contribution is -2.44. The van der Waals surface area contributed by atoms with Gasteiger partial charge in [-0.05, 0) is 37.5 Å². The summed E-state index contributed by atoms with van der Waals surface area (Å²) in [4.78, 5) is 13.7. The molecule has 2 aliphatic rings. The molecule has 0 aromatic carbocycles. The lowest BCUT2D eigenvalue weighted by molar-refractivity contribution is -0.147.